The predicted molar refractivity (Wildman–Crippen MR) is 77.0 cm³/mol. The van der Waals surface area contributed by atoms with Gasteiger partial charge in [0.05, 0.1) is 11.8 Å². The van der Waals surface area contributed by atoms with Crippen LogP contribution in [0.3, 0.4) is 0 Å². The van der Waals surface area contributed by atoms with Crippen LogP contribution in [-0.2, 0) is 14.8 Å². The zero-order valence-electron chi connectivity index (χ0n) is 12.5. The fourth-order valence-corrected chi connectivity index (χ4v) is 5.51. The molecule has 0 aromatic carbocycles. The molecule has 3 rings (SSSR count). The minimum Gasteiger partial charge on any atom is -0.338 e. The molecule has 1 saturated carbocycles. The summed E-state index contributed by atoms with van der Waals surface area (Å²) in [6, 6.07) is 0. The maximum atomic E-state index is 14.4. The molecule has 7 heteroatoms. The average Bonchev–Trinajstić information content (AvgIpc) is 2.78. The highest BCUT2D eigenvalue weighted by atomic mass is 32.2. The summed E-state index contributed by atoms with van der Waals surface area (Å²) in [5, 5.41) is 0. The van der Waals surface area contributed by atoms with E-state index < -0.39 is 27.1 Å². The van der Waals surface area contributed by atoms with E-state index >= 15 is 0 Å². The van der Waals surface area contributed by atoms with Crippen LogP contribution in [0, 0.1) is 0 Å². The van der Waals surface area contributed by atoms with Crippen LogP contribution < -0.4 is 0 Å². The molecule has 2 saturated heterocycles. The summed E-state index contributed by atoms with van der Waals surface area (Å²) in [7, 11) is -3.29. The van der Waals surface area contributed by atoms with E-state index in [1.807, 2.05) is 0 Å². The van der Waals surface area contributed by atoms with Crippen molar-refractivity contribution in [1.82, 2.24) is 9.21 Å². The largest absolute Gasteiger partial charge is 0.338 e. The Morgan fingerprint density at radius 1 is 1.05 bits per heavy atom. The van der Waals surface area contributed by atoms with Crippen LogP contribution in [0.25, 0.3) is 0 Å². The number of hydrogen-bond donors (Lipinski definition) is 0. The molecule has 5 nitrogen and oxygen atoms in total. The first-order valence-electron chi connectivity index (χ1n) is 7.73. The quantitative estimate of drug-likeness (QED) is 0.771. The van der Waals surface area contributed by atoms with Crippen LogP contribution in [0.2, 0.25) is 0 Å². The van der Waals surface area contributed by atoms with Crippen molar-refractivity contribution in [3.8, 4) is 0 Å². The summed E-state index contributed by atoms with van der Waals surface area (Å²) in [4.78, 5) is 14.0. The second kappa shape index (κ2) is 4.91. The predicted octanol–water partition coefficient (Wildman–Crippen LogP) is 1.30. The molecule has 0 aromatic heterocycles. The van der Waals surface area contributed by atoms with Gasteiger partial charge in [0.15, 0.2) is 5.67 Å². The van der Waals surface area contributed by atoms with E-state index in [-0.39, 0.29) is 0 Å². The van der Waals surface area contributed by atoms with Gasteiger partial charge in [0.25, 0.3) is 5.91 Å². The zero-order chi connectivity index (χ0) is 15.3. The maximum Gasteiger partial charge on any atom is 0.260 e. The first-order chi connectivity index (χ1) is 9.77. The number of nitrogens with zero attached hydrogens (tertiary/aromatic N) is 2. The molecule has 2 aliphatic heterocycles. The fraction of sp³-hybridized carbons (Fsp3) is 0.929. The summed E-state index contributed by atoms with van der Waals surface area (Å²) in [6.45, 7) is 1.41. The highest BCUT2D eigenvalue weighted by Gasteiger charge is 2.52. The molecule has 1 aliphatic carbocycles. The average molecular weight is 318 g/mol. The van der Waals surface area contributed by atoms with E-state index in [1.165, 1.54) is 6.26 Å². The third kappa shape index (κ3) is 2.48. The number of carbonyl (C=O) groups is 1. The fourth-order valence-electron chi connectivity index (χ4n) is 4.11. The van der Waals surface area contributed by atoms with Gasteiger partial charge in [-0.05, 0) is 44.9 Å². The normalized spacial score (nSPS) is 33.1. The van der Waals surface area contributed by atoms with Gasteiger partial charge >= 0.3 is 0 Å². The molecule has 2 heterocycles. The molecular weight excluding hydrogens is 295 g/mol. The number of sulfonamides is 1. The zero-order valence-corrected chi connectivity index (χ0v) is 13.3. The molecule has 1 spiro atoms. The van der Waals surface area contributed by atoms with Crippen LogP contribution in [0.15, 0.2) is 0 Å². The van der Waals surface area contributed by atoms with E-state index in [2.05, 4.69) is 0 Å². The van der Waals surface area contributed by atoms with Crippen molar-refractivity contribution in [3.63, 3.8) is 0 Å². The molecule has 0 radical (unpaired) electrons. The lowest BCUT2D eigenvalue weighted by atomic mass is 9.79. The lowest BCUT2D eigenvalue weighted by Crippen LogP contribution is -2.61. The Morgan fingerprint density at radius 2 is 1.67 bits per heavy atom. The van der Waals surface area contributed by atoms with Crippen molar-refractivity contribution < 1.29 is 17.6 Å². The first-order valence-corrected chi connectivity index (χ1v) is 9.58. The SMILES string of the molecule is CS(=O)(=O)N1CCCC12CCCN(C(=O)C1(F)CCC1)C2. The standard InChI is InChI=1S/C14H23FN2O3S/c1-21(19,20)17-10-4-6-13(17)5-3-9-16(11-13)12(18)14(15)7-2-8-14/h2-11H2,1H3. The van der Waals surface area contributed by atoms with Gasteiger partial charge in [0.1, 0.15) is 0 Å². The summed E-state index contributed by atoms with van der Waals surface area (Å²) in [6.07, 6.45) is 5.70. The van der Waals surface area contributed by atoms with Crippen molar-refractivity contribution in [3.05, 3.63) is 0 Å². The molecule has 120 valence electrons. The van der Waals surface area contributed by atoms with Crippen LogP contribution in [0.1, 0.15) is 44.9 Å². The third-order valence-electron chi connectivity index (χ3n) is 5.30. The van der Waals surface area contributed by atoms with Gasteiger partial charge in [0, 0.05) is 19.6 Å². The summed E-state index contributed by atoms with van der Waals surface area (Å²) >= 11 is 0. The van der Waals surface area contributed by atoms with Crippen LogP contribution >= 0.6 is 0 Å². The monoisotopic (exact) mass is 318 g/mol. The minimum atomic E-state index is -3.29. The van der Waals surface area contributed by atoms with Gasteiger partial charge in [-0.15, -0.1) is 0 Å². The highest BCUT2D eigenvalue weighted by Crippen LogP contribution is 2.42. The van der Waals surface area contributed by atoms with Gasteiger partial charge in [-0.2, -0.15) is 4.31 Å². The van der Waals surface area contributed by atoms with Gasteiger partial charge in [-0.3, -0.25) is 4.79 Å². The van der Waals surface area contributed by atoms with Crippen molar-refractivity contribution >= 4 is 15.9 Å². The molecule has 0 bridgehead atoms. The Kier molecular flexibility index (Phi) is 3.56. The Morgan fingerprint density at radius 3 is 2.19 bits per heavy atom. The maximum absolute atomic E-state index is 14.4. The number of hydrogen-bond acceptors (Lipinski definition) is 3. The van der Waals surface area contributed by atoms with Crippen LogP contribution in [-0.4, -0.2) is 60.6 Å². The Balaban J connectivity index is 1.81. The van der Waals surface area contributed by atoms with E-state index in [0.717, 1.165) is 32.1 Å². The number of rotatable bonds is 2. The van der Waals surface area contributed by atoms with Gasteiger partial charge in [-0.25, -0.2) is 12.8 Å². The molecule has 1 unspecified atom stereocenters. The smallest absolute Gasteiger partial charge is 0.260 e. The molecule has 3 fully saturated rings. The molecule has 0 aromatic rings. The van der Waals surface area contributed by atoms with Gasteiger partial charge in [0.2, 0.25) is 10.0 Å². The Hall–Kier alpha value is -0.690. The molecule has 0 N–H and O–H groups in total. The van der Waals surface area contributed by atoms with E-state index in [0.29, 0.717) is 32.5 Å². The van der Waals surface area contributed by atoms with Crippen molar-refractivity contribution in [2.45, 2.75) is 56.2 Å². The van der Waals surface area contributed by atoms with Crippen molar-refractivity contribution in [1.29, 1.82) is 0 Å². The lowest BCUT2D eigenvalue weighted by Gasteiger charge is -2.47. The third-order valence-corrected chi connectivity index (χ3v) is 6.68. The second-order valence-electron chi connectivity index (χ2n) is 6.81. The van der Waals surface area contributed by atoms with E-state index in [4.69, 9.17) is 0 Å². The van der Waals surface area contributed by atoms with Crippen molar-refractivity contribution in [2.75, 3.05) is 25.9 Å². The molecular formula is C14H23FN2O3S. The summed E-state index contributed by atoms with van der Waals surface area (Å²) in [5.41, 5.74) is -2.19. The summed E-state index contributed by atoms with van der Waals surface area (Å²) in [5.74, 6) is -0.423. The van der Waals surface area contributed by atoms with E-state index in [9.17, 15) is 17.6 Å². The van der Waals surface area contributed by atoms with Gasteiger partial charge < -0.3 is 4.90 Å². The number of amides is 1. The molecule has 1 amide bonds. The molecule has 1 atom stereocenters. The van der Waals surface area contributed by atoms with Crippen LogP contribution in [0.4, 0.5) is 4.39 Å². The number of piperidine rings is 1. The number of likely N-dealkylation sites (tertiary alicyclic amines) is 1. The molecule has 21 heavy (non-hydrogen) atoms. The second-order valence-corrected chi connectivity index (χ2v) is 8.72. The highest BCUT2D eigenvalue weighted by molar-refractivity contribution is 7.88. The first kappa shape index (κ1) is 15.2. The van der Waals surface area contributed by atoms with Crippen molar-refractivity contribution in [2.24, 2.45) is 0 Å². The number of carbonyl (C=O) groups excluding carboxylic acids is 1. The lowest BCUT2D eigenvalue weighted by molar-refractivity contribution is -0.153. The Labute approximate surface area is 125 Å². The topological polar surface area (TPSA) is 57.7 Å². The summed E-state index contributed by atoms with van der Waals surface area (Å²) < 4.78 is 39.9. The molecule has 3 aliphatic rings. The number of alkyl halides is 1. The van der Waals surface area contributed by atoms with E-state index in [1.54, 1.807) is 9.21 Å². The van der Waals surface area contributed by atoms with Crippen LogP contribution in [0.5, 0.6) is 0 Å². The van der Waals surface area contributed by atoms with Gasteiger partial charge in [-0.1, -0.05) is 0 Å². The Bertz CT molecular complexity index is 546. The number of halogens is 1. The minimum absolute atomic E-state index is 0.311.